The van der Waals surface area contributed by atoms with Crippen molar-refractivity contribution >= 4 is 41.4 Å². The molecule has 2 heterocycles. The Balaban J connectivity index is 1.21. The molecule has 37 heavy (non-hydrogen) atoms. The number of alkyl carbamates (subject to hydrolysis) is 1. The first-order valence-electron chi connectivity index (χ1n) is 12.9. The number of fused-ring (bicyclic) bond motifs is 1. The van der Waals surface area contributed by atoms with Gasteiger partial charge in [-0.3, -0.25) is 9.59 Å². The molecule has 0 bridgehead atoms. The fourth-order valence-electron chi connectivity index (χ4n) is 4.26. The molecular weight excluding hydrogens is 494 g/mol. The topological polar surface area (TPSA) is 138 Å². The van der Waals surface area contributed by atoms with Gasteiger partial charge in [0.15, 0.2) is 0 Å². The zero-order valence-electron chi connectivity index (χ0n) is 21.9. The number of rotatable bonds is 12. The van der Waals surface area contributed by atoms with Gasteiger partial charge < -0.3 is 31.3 Å². The molecule has 0 aromatic heterocycles. The third-order valence-corrected chi connectivity index (χ3v) is 7.57. The van der Waals surface area contributed by atoms with Crippen molar-refractivity contribution in [1.82, 2.24) is 21.3 Å². The lowest BCUT2D eigenvalue weighted by molar-refractivity contribution is -0.121. The van der Waals surface area contributed by atoms with Crippen molar-refractivity contribution in [2.24, 2.45) is 0 Å². The van der Waals surface area contributed by atoms with E-state index < -0.39 is 11.7 Å². The standard InChI is InChI=1S/C26H39N5O5S/c1-26(2,3)36-25(35)28-15-17-10-12-18(13-11-17)29-22(33)9-6-14-27-21(32)8-5-4-7-20-23-19(16-37-20)30-24(34)31-23/h10-13,19-20,23H,4-9,14-16H2,1-3H3,(H,27,32)(H,28,35)(H,29,33)(H2,30,31,34). The molecule has 2 fully saturated rings. The number of anilines is 1. The van der Waals surface area contributed by atoms with Crippen LogP contribution in [0.5, 0.6) is 0 Å². The van der Waals surface area contributed by atoms with Crippen LogP contribution >= 0.6 is 11.8 Å². The van der Waals surface area contributed by atoms with Crippen LogP contribution in [-0.2, 0) is 20.9 Å². The Morgan fingerprint density at radius 3 is 2.46 bits per heavy atom. The number of benzene rings is 1. The second kappa shape index (κ2) is 13.6. The van der Waals surface area contributed by atoms with Crippen LogP contribution in [-0.4, -0.2) is 59.2 Å². The van der Waals surface area contributed by atoms with Gasteiger partial charge in [0, 0.05) is 42.6 Å². The van der Waals surface area contributed by atoms with Crippen LogP contribution in [0.2, 0.25) is 0 Å². The van der Waals surface area contributed by atoms with E-state index in [1.807, 2.05) is 44.7 Å². The second-order valence-electron chi connectivity index (χ2n) is 10.4. The molecule has 0 saturated carbocycles. The second-order valence-corrected chi connectivity index (χ2v) is 11.7. The van der Waals surface area contributed by atoms with Crippen molar-refractivity contribution < 1.29 is 23.9 Å². The van der Waals surface area contributed by atoms with Crippen LogP contribution in [0.4, 0.5) is 15.3 Å². The van der Waals surface area contributed by atoms with Crippen molar-refractivity contribution in [3.05, 3.63) is 29.8 Å². The van der Waals surface area contributed by atoms with Crippen molar-refractivity contribution in [2.45, 2.75) is 88.8 Å². The summed E-state index contributed by atoms with van der Waals surface area (Å²) in [6.07, 6.45) is 3.61. The highest BCUT2D eigenvalue weighted by Gasteiger charge is 2.42. The molecular formula is C26H39N5O5S. The summed E-state index contributed by atoms with van der Waals surface area (Å²) in [5.74, 6) is 0.833. The Morgan fingerprint density at radius 1 is 1.00 bits per heavy atom. The van der Waals surface area contributed by atoms with Gasteiger partial charge in [0.05, 0.1) is 12.1 Å². The zero-order valence-corrected chi connectivity index (χ0v) is 22.7. The van der Waals surface area contributed by atoms with Crippen LogP contribution in [0.1, 0.15) is 64.9 Å². The molecule has 3 atom stereocenters. The zero-order chi connectivity index (χ0) is 26.8. The minimum atomic E-state index is -0.547. The summed E-state index contributed by atoms with van der Waals surface area (Å²) < 4.78 is 5.21. The van der Waals surface area contributed by atoms with Gasteiger partial charge in [0.1, 0.15) is 5.60 Å². The first-order valence-corrected chi connectivity index (χ1v) is 13.9. The number of carbonyl (C=O) groups excluding carboxylic acids is 4. The lowest BCUT2D eigenvalue weighted by atomic mass is 10.0. The summed E-state index contributed by atoms with van der Waals surface area (Å²) in [7, 11) is 0. The highest BCUT2D eigenvalue weighted by molar-refractivity contribution is 8.00. The largest absolute Gasteiger partial charge is 0.444 e. The normalized spacial score (nSPS) is 20.4. The van der Waals surface area contributed by atoms with Gasteiger partial charge in [0.2, 0.25) is 11.8 Å². The number of hydrogen-bond acceptors (Lipinski definition) is 6. The molecule has 1 aromatic carbocycles. The maximum atomic E-state index is 12.2. The van der Waals surface area contributed by atoms with Gasteiger partial charge in [-0.1, -0.05) is 18.6 Å². The molecule has 1 aromatic rings. The molecule has 3 rings (SSSR count). The maximum absolute atomic E-state index is 12.2. The average Bonchev–Trinajstić information content (AvgIpc) is 3.37. The van der Waals surface area contributed by atoms with Gasteiger partial charge >= 0.3 is 12.1 Å². The molecule has 0 spiro atoms. The average molecular weight is 534 g/mol. The van der Waals surface area contributed by atoms with Gasteiger partial charge in [0.25, 0.3) is 0 Å². The van der Waals surface area contributed by atoms with E-state index in [1.165, 1.54) is 0 Å². The molecule has 2 aliphatic rings. The van der Waals surface area contributed by atoms with E-state index in [-0.39, 0.29) is 29.9 Å². The summed E-state index contributed by atoms with van der Waals surface area (Å²) in [4.78, 5) is 47.5. The van der Waals surface area contributed by atoms with E-state index in [9.17, 15) is 19.2 Å². The first kappa shape index (κ1) is 28.6. The Bertz CT molecular complexity index is 950. The quantitative estimate of drug-likeness (QED) is 0.207. The van der Waals surface area contributed by atoms with Crippen LogP contribution in [0.3, 0.4) is 0 Å². The summed E-state index contributed by atoms with van der Waals surface area (Å²) in [6, 6.07) is 7.60. The van der Waals surface area contributed by atoms with Crippen molar-refractivity contribution in [3.8, 4) is 0 Å². The number of nitrogens with one attached hydrogen (secondary N) is 5. The number of unbranched alkanes of at least 4 members (excludes halogenated alkanes) is 1. The first-order chi connectivity index (χ1) is 17.6. The number of ether oxygens (including phenoxy) is 1. The third kappa shape index (κ3) is 10.1. The number of thioether (sulfide) groups is 1. The van der Waals surface area contributed by atoms with Gasteiger partial charge in [-0.2, -0.15) is 11.8 Å². The Kier molecular flexibility index (Phi) is 10.5. The minimum absolute atomic E-state index is 0.00350. The van der Waals surface area contributed by atoms with Crippen molar-refractivity contribution in [2.75, 3.05) is 17.6 Å². The van der Waals surface area contributed by atoms with Gasteiger partial charge in [-0.15, -0.1) is 0 Å². The van der Waals surface area contributed by atoms with Crippen molar-refractivity contribution in [1.29, 1.82) is 0 Å². The van der Waals surface area contributed by atoms with E-state index in [0.29, 0.717) is 43.3 Å². The SMILES string of the molecule is CC(C)(C)OC(=O)NCc1ccc(NC(=O)CCCNC(=O)CCCCC2SCC3NC(=O)NC32)cc1. The maximum Gasteiger partial charge on any atom is 0.407 e. The van der Waals surface area contributed by atoms with E-state index in [4.69, 9.17) is 4.74 Å². The Labute approximate surface area is 222 Å². The Morgan fingerprint density at radius 2 is 1.73 bits per heavy atom. The number of hydrogen-bond donors (Lipinski definition) is 5. The Hall–Kier alpha value is -2.95. The molecule has 11 heteroatoms. The lowest BCUT2D eigenvalue weighted by Crippen LogP contribution is -2.36. The van der Waals surface area contributed by atoms with E-state index in [1.54, 1.807) is 12.1 Å². The highest BCUT2D eigenvalue weighted by Crippen LogP contribution is 2.33. The van der Waals surface area contributed by atoms with Gasteiger partial charge in [-0.25, -0.2) is 9.59 Å². The summed E-state index contributed by atoms with van der Waals surface area (Å²) >= 11 is 1.89. The minimum Gasteiger partial charge on any atom is -0.444 e. The predicted octanol–water partition coefficient (Wildman–Crippen LogP) is 3.27. The highest BCUT2D eigenvalue weighted by atomic mass is 32.2. The summed E-state index contributed by atoms with van der Waals surface area (Å²) in [6.45, 7) is 6.21. The number of urea groups is 1. The van der Waals surface area contributed by atoms with Crippen LogP contribution in [0.25, 0.3) is 0 Å². The van der Waals surface area contributed by atoms with Crippen LogP contribution < -0.4 is 26.6 Å². The fourth-order valence-corrected chi connectivity index (χ4v) is 5.80. The molecule has 2 aliphatic heterocycles. The van der Waals surface area contributed by atoms with Crippen LogP contribution in [0.15, 0.2) is 24.3 Å². The van der Waals surface area contributed by atoms with Crippen molar-refractivity contribution in [3.63, 3.8) is 0 Å². The smallest absolute Gasteiger partial charge is 0.407 e. The number of amides is 5. The van der Waals surface area contributed by atoms with E-state index in [2.05, 4.69) is 26.6 Å². The predicted molar refractivity (Wildman–Crippen MR) is 144 cm³/mol. The molecule has 10 nitrogen and oxygen atoms in total. The summed E-state index contributed by atoms with van der Waals surface area (Å²) in [5.41, 5.74) is 1.02. The van der Waals surface area contributed by atoms with Gasteiger partial charge in [-0.05, 0) is 57.7 Å². The van der Waals surface area contributed by atoms with E-state index in [0.717, 1.165) is 30.6 Å². The summed E-state index contributed by atoms with van der Waals surface area (Å²) in [5, 5.41) is 14.8. The van der Waals surface area contributed by atoms with E-state index >= 15 is 0 Å². The number of carbonyl (C=O) groups is 4. The molecule has 2 saturated heterocycles. The third-order valence-electron chi connectivity index (χ3n) is 6.06. The molecule has 0 radical (unpaired) electrons. The molecule has 5 amide bonds. The lowest BCUT2D eigenvalue weighted by Gasteiger charge is -2.19. The fraction of sp³-hybridized carbons (Fsp3) is 0.615. The molecule has 204 valence electrons. The molecule has 0 aliphatic carbocycles. The molecule has 3 unspecified atom stereocenters. The van der Waals surface area contributed by atoms with Crippen LogP contribution in [0, 0.1) is 0 Å². The molecule has 5 N–H and O–H groups in total. The monoisotopic (exact) mass is 533 g/mol.